The van der Waals surface area contributed by atoms with Crippen LogP contribution < -0.4 is 15.2 Å². The highest BCUT2D eigenvalue weighted by Gasteiger charge is 2.26. The predicted octanol–water partition coefficient (Wildman–Crippen LogP) is 4.65. The Kier molecular flexibility index (Phi) is 9.69. The number of aromatic nitrogens is 1. The zero-order valence-corrected chi connectivity index (χ0v) is 19.7. The highest BCUT2D eigenvalue weighted by molar-refractivity contribution is 5.94. The molecule has 1 aliphatic heterocycles. The lowest BCUT2D eigenvalue weighted by Crippen LogP contribution is -2.50. The number of anilines is 1. The molecule has 2 aromatic rings. The summed E-state index contributed by atoms with van der Waals surface area (Å²) in [5.74, 6) is 0.705. The van der Waals surface area contributed by atoms with Gasteiger partial charge in [-0.3, -0.25) is 4.79 Å². The lowest BCUT2D eigenvalue weighted by Gasteiger charge is -2.37. The highest BCUT2D eigenvalue weighted by Crippen LogP contribution is 2.28. The monoisotopic (exact) mass is 419 g/mol. The third-order valence-corrected chi connectivity index (χ3v) is 4.36. The van der Waals surface area contributed by atoms with Crippen LogP contribution in [0.15, 0.2) is 29.2 Å². The molecular formula is C23H37N3O4. The molecule has 1 N–H and O–H groups in total. The maximum atomic E-state index is 12.2. The Balaban J connectivity index is 0.00000106. The molecule has 7 nitrogen and oxygen atoms in total. The molecule has 0 unspecified atom stereocenters. The minimum Gasteiger partial charge on any atom is -0.497 e. The fourth-order valence-electron chi connectivity index (χ4n) is 3.07. The number of benzene rings is 1. The van der Waals surface area contributed by atoms with Gasteiger partial charge in [-0.1, -0.05) is 27.7 Å². The SMILES string of the molecule is CC.CC.COc1ccc2c(=O)[nH]cc(N3CCN(C(=O)OC(C)(C)C)CC3)c2c1. The molecular weight excluding hydrogens is 382 g/mol. The second kappa shape index (κ2) is 11.5. The van der Waals surface area contributed by atoms with Gasteiger partial charge in [0.05, 0.1) is 12.8 Å². The van der Waals surface area contributed by atoms with Gasteiger partial charge >= 0.3 is 6.09 Å². The number of hydrogen-bond acceptors (Lipinski definition) is 5. The normalized spacial score (nSPS) is 13.6. The molecule has 1 saturated heterocycles. The second-order valence-corrected chi connectivity index (χ2v) is 7.37. The fraction of sp³-hybridized carbons (Fsp3) is 0.565. The number of amides is 1. The van der Waals surface area contributed by atoms with Gasteiger partial charge in [0.25, 0.3) is 5.56 Å². The third kappa shape index (κ3) is 6.40. The largest absolute Gasteiger partial charge is 0.497 e. The van der Waals surface area contributed by atoms with E-state index in [1.54, 1.807) is 30.3 Å². The van der Waals surface area contributed by atoms with Crippen molar-refractivity contribution in [1.82, 2.24) is 9.88 Å². The molecule has 0 saturated carbocycles. The van der Waals surface area contributed by atoms with Crippen molar-refractivity contribution in [2.45, 2.75) is 54.1 Å². The third-order valence-electron chi connectivity index (χ3n) is 4.36. The average Bonchev–Trinajstić information content (AvgIpc) is 2.75. The van der Waals surface area contributed by atoms with Crippen LogP contribution in [0.4, 0.5) is 10.5 Å². The molecule has 3 rings (SSSR count). The first kappa shape index (κ1) is 25.3. The molecule has 0 spiro atoms. The minimum absolute atomic E-state index is 0.126. The molecule has 0 aliphatic carbocycles. The molecule has 0 radical (unpaired) electrons. The Bertz CT molecular complexity index is 863. The summed E-state index contributed by atoms with van der Waals surface area (Å²) in [6, 6.07) is 5.43. The molecule has 30 heavy (non-hydrogen) atoms. The van der Waals surface area contributed by atoms with Crippen LogP contribution in [0, 0.1) is 0 Å². The molecule has 7 heteroatoms. The Labute approximate surface area is 180 Å². The summed E-state index contributed by atoms with van der Waals surface area (Å²) < 4.78 is 10.7. The van der Waals surface area contributed by atoms with Crippen molar-refractivity contribution in [3.8, 4) is 5.75 Å². The molecule has 1 aromatic heterocycles. The van der Waals surface area contributed by atoms with Crippen LogP contribution in [0.1, 0.15) is 48.5 Å². The number of methoxy groups -OCH3 is 1. The van der Waals surface area contributed by atoms with E-state index in [4.69, 9.17) is 9.47 Å². The van der Waals surface area contributed by atoms with E-state index < -0.39 is 5.60 Å². The minimum atomic E-state index is -0.500. The number of fused-ring (bicyclic) bond motifs is 1. The summed E-state index contributed by atoms with van der Waals surface area (Å²) >= 11 is 0. The van der Waals surface area contributed by atoms with E-state index in [2.05, 4.69) is 9.88 Å². The predicted molar refractivity (Wildman–Crippen MR) is 124 cm³/mol. The van der Waals surface area contributed by atoms with Crippen LogP contribution in [-0.2, 0) is 4.74 Å². The number of nitrogens with one attached hydrogen (secondary N) is 1. The summed E-state index contributed by atoms with van der Waals surface area (Å²) in [6.45, 7) is 16.1. The average molecular weight is 420 g/mol. The van der Waals surface area contributed by atoms with Crippen molar-refractivity contribution in [2.24, 2.45) is 0 Å². The van der Waals surface area contributed by atoms with Crippen LogP contribution >= 0.6 is 0 Å². The first-order chi connectivity index (χ1) is 14.3. The number of hydrogen-bond donors (Lipinski definition) is 1. The molecule has 1 aromatic carbocycles. The van der Waals surface area contributed by atoms with Gasteiger partial charge in [-0.25, -0.2) is 4.79 Å². The zero-order chi connectivity index (χ0) is 22.9. The van der Waals surface area contributed by atoms with Crippen LogP contribution in [0.2, 0.25) is 0 Å². The van der Waals surface area contributed by atoms with Gasteiger partial charge in [0.1, 0.15) is 11.4 Å². The van der Waals surface area contributed by atoms with Crippen molar-refractivity contribution in [3.63, 3.8) is 0 Å². The van der Waals surface area contributed by atoms with Gasteiger partial charge in [-0.05, 0) is 39.0 Å². The summed E-state index contributed by atoms with van der Waals surface area (Å²) in [4.78, 5) is 31.0. The lowest BCUT2D eigenvalue weighted by atomic mass is 10.1. The van der Waals surface area contributed by atoms with E-state index in [1.165, 1.54) is 0 Å². The van der Waals surface area contributed by atoms with Crippen LogP contribution in [-0.4, -0.2) is 54.9 Å². The van der Waals surface area contributed by atoms with E-state index in [0.29, 0.717) is 37.3 Å². The summed E-state index contributed by atoms with van der Waals surface area (Å²) in [5, 5.41) is 1.47. The topological polar surface area (TPSA) is 74.9 Å². The highest BCUT2D eigenvalue weighted by atomic mass is 16.6. The summed E-state index contributed by atoms with van der Waals surface area (Å²) in [5.41, 5.74) is 0.306. The first-order valence-corrected chi connectivity index (χ1v) is 10.7. The Hall–Kier alpha value is -2.70. The van der Waals surface area contributed by atoms with Crippen molar-refractivity contribution < 1.29 is 14.3 Å². The first-order valence-electron chi connectivity index (χ1n) is 10.7. The number of piperazine rings is 1. The van der Waals surface area contributed by atoms with Gasteiger partial charge in [-0.2, -0.15) is 0 Å². The van der Waals surface area contributed by atoms with Crippen LogP contribution in [0.25, 0.3) is 10.8 Å². The van der Waals surface area contributed by atoms with E-state index in [0.717, 1.165) is 11.1 Å². The smallest absolute Gasteiger partial charge is 0.410 e. The fourth-order valence-corrected chi connectivity index (χ4v) is 3.07. The number of aromatic amines is 1. The van der Waals surface area contributed by atoms with Gasteiger partial charge < -0.3 is 24.3 Å². The maximum absolute atomic E-state index is 12.2. The molecule has 0 bridgehead atoms. The number of pyridine rings is 1. The van der Waals surface area contributed by atoms with Crippen molar-refractivity contribution in [2.75, 3.05) is 38.2 Å². The number of H-pyrrole nitrogens is 1. The zero-order valence-electron chi connectivity index (χ0n) is 19.7. The van der Waals surface area contributed by atoms with E-state index >= 15 is 0 Å². The van der Waals surface area contributed by atoms with Gasteiger partial charge in [0, 0.05) is 43.1 Å². The second-order valence-electron chi connectivity index (χ2n) is 7.37. The van der Waals surface area contributed by atoms with E-state index in [1.807, 2.05) is 54.5 Å². The summed E-state index contributed by atoms with van der Waals surface area (Å²) in [6.07, 6.45) is 1.44. The van der Waals surface area contributed by atoms with Crippen LogP contribution in [0.5, 0.6) is 5.75 Å². The van der Waals surface area contributed by atoms with Gasteiger partial charge in [-0.15, -0.1) is 0 Å². The van der Waals surface area contributed by atoms with Crippen molar-refractivity contribution in [3.05, 3.63) is 34.7 Å². The number of rotatable bonds is 2. The molecule has 1 aliphatic rings. The van der Waals surface area contributed by atoms with Crippen molar-refractivity contribution >= 4 is 22.6 Å². The maximum Gasteiger partial charge on any atom is 0.410 e. The van der Waals surface area contributed by atoms with Crippen LogP contribution in [0.3, 0.4) is 0 Å². The Morgan fingerprint density at radius 3 is 2.13 bits per heavy atom. The number of nitrogens with zero attached hydrogens (tertiary/aromatic N) is 2. The quantitative estimate of drug-likeness (QED) is 0.767. The number of carbonyl (C=O) groups is 1. The van der Waals surface area contributed by atoms with Crippen molar-refractivity contribution in [1.29, 1.82) is 0 Å². The standard InChI is InChI=1S/C19H25N3O4.2C2H6/c1-19(2,3)26-18(24)22-9-7-21(8-10-22)16-12-20-17(23)14-6-5-13(25-4)11-15(14)16;2*1-2/h5-6,11-12H,7-10H2,1-4H3,(H,20,23);2*1-2H3. The van der Waals surface area contributed by atoms with Gasteiger partial charge in [0.2, 0.25) is 0 Å². The number of ether oxygens (including phenoxy) is 2. The molecule has 2 heterocycles. The van der Waals surface area contributed by atoms with E-state index in [9.17, 15) is 9.59 Å². The molecule has 1 fully saturated rings. The van der Waals surface area contributed by atoms with Gasteiger partial charge in [0.15, 0.2) is 0 Å². The molecule has 1 amide bonds. The molecule has 0 atom stereocenters. The Morgan fingerprint density at radius 2 is 1.60 bits per heavy atom. The lowest BCUT2D eigenvalue weighted by molar-refractivity contribution is 0.0240. The Morgan fingerprint density at radius 1 is 1.00 bits per heavy atom. The molecule has 168 valence electrons. The summed E-state index contributed by atoms with van der Waals surface area (Å²) in [7, 11) is 1.60. The van der Waals surface area contributed by atoms with E-state index in [-0.39, 0.29) is 11.7 Å². The number of carbonyl (C=O) groups excluding carboxylic acids is 1.